The van der Waals surface area contributed by atoms with Gasteiger partial charge in [0.1, 0.15) is 0 Å². The zero-order valence-electron chi connectivity index (χ0n) is 13.5. The molecule has 0 aliphatic rings. The first-order valence-corrected chi connectivity index (χ1v) is 7.55. The van der Waals surface area contributed by atoms with Gasteiger partial charge in [0, 0.05) is 19.9 Å². The van der Waals surface area contributed by atoms with Crippen molar-refractivity contribution in [3.05, 3.63) is 53.9 Å². The fourth-order valence-corrected chi connectivity index (χ4v) is 2.42. The largest absolute Gasteiger partial charge is 0.396 e. The van der Waals surface area contributed by atoms with Gasteiger partial charge in [-0.15, -0.1) is 0 Å². The molecule has 0 fully saturated rings. The molecule has 2 aromatic rings. The molecule has 0 spiro atoms. The molecule has 6 heteroatoms. The van der Waals surface area contributed by atoms with Crippen LogP contribution in [0.15, 0.2) is 42.7 Å². The van der Waals surface area contributed by atoms with Crippen LogP contribution in [0.1, 0.15) is 29.3 Å². The lowest BCUT2D eigenvalue weighted by Gasteiger charge is -2.29. The predicted octanol–water partition coefficient (Wildman–Crippen LogP) is 1.45. The highest BCUT2D eigenvalue weighted by Gasteiger charge is 2.26. The van der Waals surface area contributed by atoms with Crippen molar-refractivity contribution in [2.45, 2.75) is 25.4 Å². The molecule has 2 N–H and O–H groups in total. The van der Waals surface area contributed by atoms with E-state index >= 15 is 0 Å². The van der Waals surface area contributed by atoms with Gasteiger partial charge in [0.25, 0.3) is 5.91 Å². The van der Waals surface area contributed by atoms with Crippen LogP contribution in [0.4, 0.5) is 0 Å². The Bertz CT molecular complexity index is 619. The highest BCUT2D eigenvalue weighted by atomic mass is 16.5. The van der Waals surface area contributed by atoms with Gasteiger partial charge in [0.2, 0.25) is 0 Å². The van der Waals surface area contributed by atoms with Gasteiger partial charge in [-0.05, 0) is 18.9 Å². The van der Waals surface area contributed by atoms with Crippen molar-refractivity contribution in [2.75, 3.05) is 20.3 Å². The van der Waals surface area contributed by atoms with Crippen LogP contribution in [0.25, 0.3) is 0 Å². The number of amides is 1. The highest BCUT2D eigenvalue weighted by Crippen LogP contribution is 2.12. The second-order valence-electron chi connectivity index (χ2n) is 5.83. The van der Waals surface area contributed by atoms with E-state index in [1.54, 1.807) is 24.2 Å². The smallest absolute Gasteiger partial charge is 0.254 e. The number of nitrogens with zero attached hydrogens (tertiary/aromatic N) is 2. The van der Waals surface area contributed by atoms with Gasteiger partial charge in [-0.2, -0.15) is 5.10 Å². The molecule has 1 aromatic carbocycles. The maximum absolute atomic E-state index is 12.4. The minimum absolute atomic E-state index is 0.0204. The second kappa shape index (κ2) is 7.89. The molecule has 2 rings (SSSR count). The standard InChI is InChI=1S/C17H23N3O3/c1-17(8-9-21,13-23-2)19-16(22)15-10-18-20(12-15)11-14-6-4-3-5-7-14/h3-7,10,12,21H,8-9,11,13H2,1-2H3,(H,19,22). The predicted molar refractivity (Wildman–Crippen MR) is 87.2 cm³/mol. The zero-order chi connectivity index (χ0) is 16.7. The van der Waals surface area contributed by atoms with E-state index in [1.807, 2.05) is 37.3 Å². The fraction of sp³-hybridized carbons (Fsp3) is 0.412. The molecule has 1 heterocycles. The first kappa shape index (κ1) is 17.2. The molecule has 0 bridgehead atoms. The molecule has 0 saturated heterocycles. The minimum atomic E-state index is -0.609. The molecule has 1 unspecified atom stereocenters. The maximum atomic E-state index is 12.4. The number of methoxy groups -OCH3 is 1. The molecule has 0 aliphatic heterocycles. The summed E-state index contributed by atoms with van der Waals surface area (Å²) in [6.45, 7) is 2.77. The van der Waals surface area contributed by atoms with Crippen LogP contribution >= 0.6 is 0 Å². The minimum Gasteiger partial charge on any atom is -0.396 e. The zero-order valence-corrected chi connectivity index (χ0v) is 13.5. The molecular weight excluding hydrogens is 294 g/mol. The van der Waals surface area contributed by atoms with E-state index in [1.165, 1.54) is 0 Å². The van der Waals surface area contributed by atoms with Crippen molar-refractivity contribution in [1.82, 2.24) is 15.1 Å². The van der Waals surface area contributed by atoms with E-state index in [-0.39, 0.29) is 12.5 Å². The number of aromatic nitrogens is 2. The number of aliphatic hydroxyl groups is 1. The molecule has 6 nitrogen and oxygen atoms in total. The summed E-state index contributed by atoms with van der Waals surface area (Å²) in [5, 5.41) is 16.3. The van der Waals surface area contributed by atoms with E-state index in [0.29, 0.717) is 25.1 Å². The van der Waals surface area contributed by atoms with E-state index < -0.39 is 5.54 Å². The highest BCUT2D eigenvalue weighted by molar-refractivity contribution is 5.94. The van der Waals surface area contributed by atoms with Crippen molar-refractivity contribution in [2.24, 2.45) is 0 Å². The van der Waals surface area contributed by atoms with Gasteiger partial charge in [-0.1, -0.05) is 30.3 Å². The summed E-state index contributed by atoms with van der Waals surface area (Å²) < 4.78 is 6.86. The van der Waals surface area contributed by atoms with Crippen molar-refractivity contribution >= 4 is 5.91 Å². The van der Waals surface area contributed by atoms with Crippen molar-refractivity contribution in [1.29, 1.82) is 0 Å². The molecule has 1 atom stereocenters. The van der Waals surface area contributed by atoms with E-state index in [4.69, 9.17) is 9.84 Å². The van der Waals surface area contributed by atoms with Gasteiger partial charge in [-0.25, -0.2) is 0 Å². The topological polar surface area (TPSA) is 76.4 Å². The molecule has 0 saturated carbocycles. The normalized spacial score (nSPS) is 13.5. The molecular formula is C17H23N3O3. The average Bonchev–Trinajstić information content (AvgIpc) is 2.97. The summed E-state index contributed by atoms with van der Waals surface area (Å²) >= 11 is 0. The molecule has 1 amide bonds. The number of rotatable bonds is 8. The van der Waals surface area contributed by atoms with Crippen LogP contribution in [0.3, 0.4) is 0 Å². The lowest BCUT2D eigenvalue weighted by molar-refractivity contribution is 0.0725. The monoisotopic (exact) mass is 317 g/mol. The SMILES string of the molecule is COCC(C)(CCO)NC(=O)c1cnn(Cc2ccccc2)c1. The number of benzene rings is 1. The van der Waals surface area contributed by atoms with Crippen LogP contribution < -0.4 is 5.32 Å². The lowest BCUT2D eigenvalue weighted by atomic mass is 9.99. The average molecular weight is 317 g/mol. The summed E-state index contributed by atoms with van der Waals surface area (Å²) in [6.07, 6.45) is 3.68. The molecule has 0 radical (unpaired) electrons. The first-order chi connectivity index (χ1) is 11.1. The van der Waals surface area contributed by atoms with Crippen LogP contribution in [0.5, 0.6) is 0 Å². The van der Waals surface area contributed by atoms with E-state index in [2.05, 4.69) is 10.4 Å². The molecule has 23 heavy (non-hydrogen) atoms. The van der Waals surface area contributed by atoms with Gasteiger partial charge >= 0.3 is 0 Å². The Morgan fingerprint density at radius 1 is 1.39 bits per heavy atom. The van der Waals surface area contributed by atoms with Crippen molar-refractivity contribution < 1.29 is 14.6 Å². The molecule has 124 valence electrons. The summed E-state index contributed by atoms with van der Waals surface area (Å²) in [4.78, 5) is 12.4. The summed E-state index contributed by atoms with van der Waals surface area (Å²) in [5.74, 6) is -0.225. The van der Waals surface area contributed by atoms with Gasteiger partial charge < -0.3 is 15.2 Å². The number of carbonyl (C=O) groups excluding carboxylic acids is 1. The Morgan fingerprint density at radius 3 is 2.78 bits per heavy atom. The quantitative estimate of drug-likeness (QED) is 0.772. The third-order valence-corrected chi connectivity index (χ3v) is 3.62. The number of ether oxygens (including phenoxy) is 1. The Morgan fingerprint density at radius 2 is 2.13 bits per heavy atom. The van der Waals surface area contributed by atoms with Gasteiger partial charge in [0.15, 0.2) is 0 Å². The van der Waals surface area contributed by atoms with Crippen LogP contribution in [-0.2, 0) is 11.3 Å². The van der Waals surface area contributed by atoms with Crippen molar-refractivity contribution in [3.8, 4) is 0 Å². The molecule has 1 aromatic heterocycles. The van der Waals surface area contributed by atoms with Crippen LogP contribution in [0.2, 0.25) is 0 Å². The van der Waals surface area contributed by atoms with Crippen LogP contribution in [0, 0.1) is 0 Å². The third kappa shape index (κ3) is 4.91. The van der Waals surface area contributed by atoms with E-state index in [0.717, 1.165) is 5.56 Å². The maximum Gasteiger partial charge on any atom is 0.254 e. The fourth-order valence-electron chi connectivity index (χ4n) is 2.42. The number of nitrogens with one attached hydrogen (secondary N) is 1. The van der Waals surface area contributed by atoms with Gasteiger partial charge in [-0.3, -0.25) is 9.48 Å². The Labute approximate surface area is 136 Å². The Kier molecular flexibility index (Phi) is 5.90. The summed E-state index contributed by atoms with van der Waals surface area (Å²) in [6, 6.07) is 9.93. The Hall–Kier alpha value is -2.18. The summed E-state index contributed by atoms with van der Waals surface area (Å²) in [5.41, 5.74) is 0.996. The van der Waals surface area contributed by atoms with Gasteiger partial charge in [0.05, 0.1) is 30.5 Å². The second-order valence-corrected chi connectivity index (χ2v) is 5.83. The third-order valence-electron chi connectivity index (χ3n) is 3.62. The lowest BCUT2D eigenvalue weighted by Crippen LogP contribution is -2.50. The summed E-state index contributed by atoms with van der Waals surface area (Å²) in [7, 11) is 1.57. The number of hydrogen-bond donors (Lipinski definition) is 2. The number of hydrogen-bond acceptors (Lipinski definition) is 4. The number of carbonyl (C=O) groups is 1. The van der Waals surface area contributed by atoms with E-state index in [9.17, 15) is 4.79 Å². The first-order valence-electron chi connectivity index (χ1n) is 7.55. The Balaban J connectivity index is 2.03. The van der Waals surface area contributed by atoms with Crippen LogP contribution in [-0.4, -0.2) is 46.7 Å². The molecule has 0 aliphatic carbocycles. The number of aliphatic hydroxyl groups excluding tert-OH is 1. The van der Waals surface area contributed by atoms with Crippen molar-refractivity contribution in [3.63, 3.8) is 0 Å².